The molecule has 0 amide bonds. The first-order chi connectivity index (χ1) is 12.2. The Bertz CT molecular complexity index is 663. The number of pyridine rings is 1. The predicted octanol–water partition coefficient (Wildman–Crippen LogP) is 5.28. The zero-order chi connectivity index (χ0) is 19.2. The maximum absolute atomic E-state index is 6.31. The highest BCUT2D eigenvalue weighted by Crippen LogP contribution is 2.37. The molecule has 0 saturated carbocycles. The van der Waals surface area contributed by atoms with Gasteiger partial charge in [-0.1, -0.05) is 45.0 Å². The molecule has 0 aliphatic carbocycles. The highest BCUT2D eigenvalue weighted by atomic mass is 28.4. The third-order valence-corrected chi connectivity index (χ3v) is 9.89. The van der Waals surface area contributed by atoms with E-state index in [2.05, 4.69) is 87.2 Å². The van der Waals surface area contributed by atoms with Crippen LogP contribution < -0.4 is 0 Å². The molecule has 3 nitrogen and oxygen atoms in total. The van der Waals surface area contributed by atoms with E-state index in [1.165, 1.54) is 16.7 Å². The summed E-state index contributed by atoms with van der Waals surface area (Å²) in [5, 5.41) is 0.254. The summed E-state index contributed by atoms with van der Waals surface area (Å²) in [7, 11) is 0.493. The predicted molar refractivity (Wildman–Crippen MR) is 113 cm³/mol. The van der Waals surface area contributed by atoms with Gasteiger partial charge in [-0.3, -0.25) is 4.98 Å². The Balaban J connectivity index is 1.81. The SMILES string of the molecule is CN(CCc1ccncc1)Cc1ccc(CO[Si](C)(C)C(C)(C)C)cc1. The average Bonchev–Trinajstić information content (AvgIpc) is 2.59. The number of hydrogen-bond acceptors (Lipinski definition) is 3. The lowest BCUT2D eigenvalue weighted by atomic mass is 10.1. The van der Waals surface area contributed by atoms with E-state index in [-0.39, 0.29) is 5.04 Å². The van der Waals surface area contributed by atoms with Gasteiger partial charge in [0, 0.05) is 25.5 Å². The molecule has 26 heavy (non-hydrogen) atoms. The molecule has 0 fully saturated rings. The van der Waals surface area contributed by atoms with E-state index in [1.54, 1.807) is 0 Å². The van der Waals surface area contributed by atoms with E-state index in [0.717, 1.165) is 19.5 Å². The highest BCUT2D eigenvalue weighted by molar-refractivity contribution is 6.74. The molecule has 1 aromatic heterocycles. The molecule has 4 heteroatoms. The van der Waals surface area contributed by atoms with Crippen LogP contribution in [0.4, 0.5) is 0 Å². The summed E-state index contributed by atoms with van der Waals surface area (Å²) in [4.78, 5) is 6.43. The molecule has 2 rings (SSSR count). The molecular weight excluding hydrogens is 336 g/mol. The van der Waals surface area contributed by atoms with E-state index in [1.807, 2.05) is 12.4 Å². The van der Waals surface area contributed by atoms with Crippen molar-refractivity contribution in [1.82, 2.24) is 9.88 Å². The van der Waals surface area contributed by atoms with Gasteiger partial charge >= 0.3 is 0 Å². The van der Waals surface area contributed by atoms with Crippen LogP contribution in [0.25, 0.3) is 0 Å². The van der Waals surface area contributed by atoms with Crippen LogP contribution in [0.2, 0.25) is 18.1 Å². The Hall–Kier alpha value is -1.49. The molecule has 1 aromatic carbocycles. The minimum atomic E-state index is -1.68. The molecular formula is C22H34N2OSi. The quantitative estimate of drug-likeness (QED) is 0.591. The lowest BCUT2D eigenvalue weighted by Crippen LogP contribution is -2.40. The van der Waals surface area contributed by atoms with Crippen LogP contribution in [0.3, 0.4) is 0 Å². The monoisotopic (exact) mass is 370 g/mol. The van der Waals surface area contributed by atoms with Crippen LogP contribution in [0.5, 0.6) is 0 Å². The number of aromatic nitrogens is 1. The highest BCUT2D eigenvalue weighted by Gasteiger charge is 2.36. The van der Waals surface area contributed by atoms with E-state index in [9.17, 15) is 0 Å². The summed E-state index contributed by atoms with van der Waals surface area (Å²) in [5.41, 5.74) is 3.95. The van der Waals surface area contributed by atoms with E-state index in [0.29, 0.717) is 6.61 Å². The minimum absolute atomic E-state index is 0.254. The molecule has 0 spiro atoms. The Labute approximate surface area is 160 Å². The van der Waals surface area contributed by atoms with Gasteiger partial charge in [-0.05, 0) is 60.4 Å². The molecule has 0 saturated heterocycles. The first kappa shape index (κ1) is 20.8. The van der Waals surface area contributed by atoms with Gasteiger partial charge in [-0.15, -0.1) is 0 Å². The molecule has 0 aliphatic heterocycles. The molecule has 142 valence electrons. The van der Waals surface area contributed by atoms with Gasteiger partial charge in [0.05, 0.1) is 6.61 Å². The summed E-state index contributed by atoms with van der Waals surface area (Å²) >= 11 is 0. The van der Waals surface area contributed by atoms with E-state index < -0.39 is 8.32 Å². The molecule has 0 atom stereocenters. The molecule has 0 unspecified atom stereocenters. The van der Waals surface area contributed by atoms with Crippen molar-refractivity contribution >= 4 is 8.32 Å². The number of hydrogen-bond donors (Lipinski definition) is 0. The molecule has 0 radical (unpaired) electrons. The third kappa shape index (κ3) is 6.34. The standard InChI is InChI=1S/C22H34N2OSi/c1-22(2,3)26(5,6)25-18-21-9-7-20(8-10-21)17-24(4)16-13-19-11-14-23-15-12-19/h7-12,14-15H,13,16-18H2,1-6H3. The number of likely N-dealkylation sites (N-methyl/N-ethyl adjacent to an activating group) is 1. The third-order valence-electron chi connectivity index (χ3n) is 5.41. The Kier molecular flexibility index (Phi) is 7.15. The molecule has 2 aromatic rings. The van der Waals surface area contributed by atoms with Crippen LogP contribution in [0.1, 0.15) is 37.5 Å². The van der Waals surface area contributed by atoms with E-state index >= 15 is 0 Å². The molecule has 1 heterocycles. The van der Waals surface area contributed by atoms with Crippen LogP contribution in [-0.4, -0.2) is 31.8 Å². The Morgan fingerprint density at radius 2 is 1.50 bits per heavy atom. The van der Waals surface area contributed by atoms with Crippen molar-refractivity contribution in [3.63, 3.8) is 0 Å². The lowest BCUT2D eigenvalue weighted by molar-refractivity contribution is 0.276. The van der Waals surface area contributed by atoms with Gasteiger partial charge < -0.3 is 9.33 Å². The average molecular weight is 371 g/mol. The van der Waals surface area contributed by atoms with Crippen LogP contribution >= 0.6 is 0 Å². The fourth-order valence-corrected chi connectivity index (χ4v) is 3.44. The normalized spacial score (nSPS) is 12.6. The fraction of sp³-hybridized carbons (Fsp3) is 0.500. The number of nitrogens with zero attached hydrogens (tertiary/aromatic N) is 2. The van der Waals surface area contributed by atoms with Crippen molar-refractivity contribution in [2.45, 2.75) is 58.5 Å². The second-order valence-corrected chi connectivity index (χ2v) is 13.5. The van der Waals surface area contributed by atoms with Crippen LogP contribution in [0.15, 0.2) is 48.8 Å². The number of benzene rings is 1. The van der Waals surface area contributed by atoms with Crippen LogP contribution in [0, 0.1) is 0 Å². The zero-order valence-electron chi connectivity index (χ0n) is 17.2. The minimum Gasteiger partial charge on any atom is -0.413 e. The summed E-state index contributed by atoms with van der Waals surface area (Å²) in [6.07, 6.45) is 4.78. The van der Waals surface area contributed by atoms with Crippen molar-refractivity contribution in [3.05, 3.63) is 65.5 Å². The summed E-state index contributed by atoms with van der Waals surface area (Å²) < 4.78 is 6.31. The van der Waals surface area contributed by atoms with Crippen LogP contribution in [-0.2, 0) is 24.0 Å². The smallest absolute Gasteiger partial charge is 0.192 e. The Morgan fingerprint density at radius 3 is 2.08 bits per heavy atom. The van der Waals surface area contributed by atoms with Crippen molar-refractivity contribution in [1.29, 1.82) is 0 Å². The summed E-state index contributed by atoms with van der Waals surface area (Å²) in [6.45, 7) is 14.2. The zero-order valence-corrected chi connectivity index (χ0v) is 18.2. The second kappa shape index (κ2) is 8.93. The molecule has 0 aliphatic rings. The Morgan fingerprint density at radius 1 is 0.923 bits per heavy atom. The first-order valence-electron chi connectivity index (χ1n) is 9.46. The fourth-order valence-electron chi connectivity index (χ4n) is 2.48. The van der Waals surface area contributed by atoms with Gasteiger partial charge in [0.1, 0.15) is 0 Å². The van der Waals surface area contributed by atoms with Crippen molar-refractivity contribution in [2.24, 2.45) is 0 Å². The largest absolute Gasteiger partial charge is 0.413 e. The van der Waals surface area contributed by atoms with Gasteiger partial charge in [-0.2, -0.15) is 0 Å². The number of rotatable bonds is 8. The maximum atomic E-state index is 6.31. The maximum Gasteiger partial charge on any atom is 0.192 e. The molecule has 0 N–H and O–H groups in total. The topological polar surface area (TPSA) is 25.4 Å². The second-order valence-electron chi connectivity index (χ2n) is 8.71. The van der Waals surface area contributed by atoms with E-state index in [4.69, 9.17) is 4.43 Å². The van der Waals surface area contributed by atoms with Crippen molar-refractivity contribution in [2.75, 3.05) is 13.6 Å². The van der Waals surface area contributed by atoms with Gasteiger partial charge in [-0.25, -0.2) is 0 Å². The van der Waals surface area contributed by atoms with Crippen molar-refractivity contribution in [3.8, 4) is 0 Å². The van der Waals surface area contributed by atoms with Crippen molar-refractivity contribution < 1.29 is 4.43 Å². The lowest BCUT2D eigenvalue weighted by Gasteiger charge is -2.36. The van der Waals surface area contributed by atoms with Gasteiger partial charge in [0.25, 0.3) is 0 Å². The first-order valence-corrected chi connectivity index (χ1v) is 12.4. The molecule has 0 bridgehead atoms. The van der Waals surface area contributed by atoms with Gasteiger partial charge in [0.2, 0.25) is 0 Å². The van der Waals surface area contributed by atoms with Gasteiger partial charge in [0.15, 0.2) is 8.32 Å². The summed E-state index contributed by atoms with van der Waals surface area (Å²) in [6, 6.07) is 13.1. The summed E-state index contributed by atoms with van der Waals surface area (Å²) in [5.74, 6) is 0.